The van der Waals surface area contributed by atoms with Gasteiger partial charge in [0.2, 0.25) is 5.91 Å². The molecule has 1 aliphatic heterocycles. The third-order valence-corrected chi connectivity index (χ3v) is 3.59. The van der Waals surface area contributed by atoms with Crippen LogP contribution in [0.25, 0.3) is 0 Å². The molecule has 21 heavy (non-hydrogen) atoms. The molecule has 112 valence electrons. The predicted octanol–water partition coefficient (Wildman–Crippen LogP) is 0.0270. The average Bonchev–Trinajstić information content (AvgIpc) is 2.96. The van der Waals surface area contributed by atoms with Gasteiger partial charge in [-0.3, -0.25) is 9.59 Å². The first kappa shape index (κ1) is 15.2. The van der Waals surface area contributed by atoms with Crippen molar-refractivity contribution < 1.29 is 9.53 Å². The number of nitriles is 1. The smallest absolute Gasteiger partial charge is 0.285 e. The quantitative estimate of drug-likeness (QED) is 0.843. The third kappa shape index (κ3) is 3.47. The van der Waals surface area contributed by atoms with E-state index in [-0.39, 0.29) is 24.1 Å². The molecule has 1 aromatic rings. The van der Waals surface area contributed by atoms with Gasteiger partial charge in [-0.2, -0.15) is 10.4 Å². The van der Waals surface area contributed by atoms with Gasteiger partial charge in [-0.25, -0.2) is 4.68 Å². The van der Waals surface area contributed by atoms with Crippen LogP contribution < -0.4 is 10.9 Å². The van der Waals surface area contributed by atoms with E-state index in [0.717, 1.165) is 24.1 Å². The molecular weight excluding hydrogens is 272 g/mol. The van der Waals surface area contributed by atoms with E-state index < -0.39 is 5.56 Å². The number of ether oxygens (including phenoxy) is 1. The highest BCUT2D eigenvalue weighted by molar-refractivity contribution is 5.75. The molecule has 1 aliphatic rings. The monoisotopic (exact) mass is 290 g/mol. The van der Waals surface area contributed by atoms with Crippen LogP contribution >= 0.6 is 0 Å². The van der Waals surface area contributed by atoms with Crippen LogP contribution in [0.15, 0.2) is 4.79 Å². The minimum absolute atomic E-state index is 0.0365. The molecule has 0 aromatic carbocycles. The highest BCUT2D eigenvalue weighted by atomic mass is 16.5. The molecule has 1 N–H and O–H groups in total. The van der Waals surface area contributed by atoms with E-state index >= 15 is 0 Å². The standard InChI is InChI=1S/C14H18N4O3/c1-9-10(2)17-18(14(20)12(9)6-15)8-13(19)16-7-11-4-3-5-21-11/h11H,3-5,7-8H2,1-2H3,(H,16,19)/t11-/m0/s1. The maximum Gasteiger partial charge on any atom is 0.285 e. The van der Waals surface area contributed by atoms with Crippen LogP contribution in [-0.4, -0.2) is 34.9 Å². The second-order valence-electron chi connectivity index (χ2n) is 5.10. The molecule has 0 radical (unpaired) electrons. The molecule has 7 nitrogen and oxygen atoms in total. The number of nitrogens with zero attached hydrogens (tertiary/aromatic N) is 3. The highest BCUT2D eigenvalue weighted by Gasteiger charge is 2.17. The van der Waals surface area contributed by atoms with Gasteiger partial charge in [-0.15, -0.1) is 0 Å². The Morgan fingerprint density at radius 1 is 1.57 bits per heavy atom. The number of amides is 1. The number of aromatic nitrogens is 2. The van der Waals surface area contributed by atoms with Crippen molar-refractivity contribution >= 4 is 5.91 Å². The number of carbonyl (C=O) groups excluding carboxylic acids is 1. The van der Waals surface area contributed by atoms with Gasteiger partial charge in [0, 0.05) is 13.2 Å². The molecular formula is C14H18N4O3. The summed E-state index contributed by atoms with van der Waals surface area (Å²) in [5, 5.41) is 15.8. The van der Waals surface area contributed by atoms with Crippen molar-refractivity contribution in [1.82, 2.24) is 15.1 Å². The van der Waals surface area contributed by atoms with Crippen molar-refractivity contribution in [3.8, 4) is 6.07 Å². The Morgan fingerprint density at radius 2 is 2.33 bits per heavy atom. The number of carbonyl (C=O) groups is 1. The summed E-state index contributed by atoms with van der Waals surface area (Å²) < 4.78 is 6.44. The zero-order valence-electron chi connectivity index (χ0n) is 12.2. The van der Waals surface area contributed by atoms with E-state index in [2.05, 4.69) is 10.4 Å². The minimum Gasteiger partial charge on any atom is -0.376 e. The van der Waals surface area contributed by atoms with Crippen molar-refractivity contribution in [3.63, 3.8) is 0 Å². The van der Waals surface area contributed by atoms with Crippen LogP contribution in [0, 0.1) is 25.2 Å². The summed E-state index contributed by atoms with van der Waals surface area (Å²) in [6.45, 7) is 4.34. The molecule has 2 heterocycles. The number of nitrogens with one attached hydrogen (secondary N) is 1. The maximum absolute atomic E-state index is 12.0. The largest absolute Gasteiger partial charge is 0.376 e. The van der Waals surface area contributed by atoms with Gasteiger partial charge >= 0.3 is 0 Å². The Labute approximate surface area is 122 Å². The summed E-state index contributed by atoms with van der Waals surface area (Å²) in [6, 6.07) is 1.87. The van der Waals surface area contributed by atoms with Crippen LogP contribution in [0.2, 0.25) is 0 Å². The van der Waals surface area contributed by atoms with Gasteiger partial charge in [0.05, 0.1) is 11.8 Å². The van der Waals surface area contributed by atoms with Crippen molar-refractivity contribution in [2.75, 3.05) is 13.2 Å². The van der Waals surface area contributed by atoms with Crippen molar-refractivity contribution in [3.05, 3.63) is 27.2 Å². The fraction of sp³-hybridized carbons (Fsp3) is 0.571. The topological polar surface area (TPSA) is 97.0 Å². The van der Waals surface area contributed by atoms with E-state index in [1.54, 1.807) is 13.8 Å². The van der Waals surface area contributed by atoms with Crippen molar-refractivity contribution in [1.29, 1.82) is 5.26 Å². The first-order chi connectivity index (χ1) is 10.0. The predicted molar refractivity (Wildman–Crippen MR) is 74.7 cm³/mol. The summed E-state index contributed by atoms with van der Waals surface area (Å²) >= 11 is 0. The number of hydrogen-bond acceptors (Lipinski definition) is 5. The summed E-state index contributed by atoms with van der Waals surface area (Å²) in [5.74, 6) is -0.313. The average molecular weight is 290 g/mol. The molecule has 0 saturated carbocycles. The number of rotatable bonds is 4. The summed E-state index contributed by atoms with van der Waals surface area (Å²) in [7, 11) is 0. The van der Waals surface area contributed by atoms with E-state index in [9.17, 15) is 9.59 Å². The molecule has 2 rings (SSSR count). The second kappa shape index (κ2) is 6.50. The molecule has 0 unspecified atom stereocenters. The van der Waals surface area contributed by atoms with E-state index in [1.165, 1.54) is 0 Å². The fourth-order valence-electron chi connectivity index (χ4n) is 2.24. The SMILES string of the molecule is Cc1nn(CC(=O)NC[C@@H]2CCCO2)c(=O)c(C#N)c1C. The Morgan fingerprint density at radius 3 is 2.95 bits per heavy atom. The molecule has 0 aliphatic carbocycles. The van der Waals surface area contributed by atoms with Gasteiger partial charge in [0.1, 0.15) is 18.2 Å². The van der Waals surface area contributed by atoms with Gasteiger partial charge in [0.25, 0.3) is 5.56 Å². The molecule has 1 aromatic heterocycles. The lowest BCUT2D eigenvalue weighted by molar-refractivity contribution is -0.122. The van der Waals surface area contributed by atoms with Crippen LogP contribution in [0.1, 0.15) is 29.7 Å². The van der Waals surface area contributed by atoms with Crippen LogP contribution in [0.5, 0.6) is 0 Å². The fourth-order valence-corrected chi connectivity index (χ4v) is 2.24. The van der Waals surface area contributed by atoms with E-state index in [1.807, 2.05) is 6.07 Å². The van der Waals surface area contributed by atoms with Crippen LogP contribution in [-0.2, 0) is 16.1 Å². The van der Waals surface area contributed by atoms with Crippen LogP contribution in [0.4, 0.5) is 0 Å². The maximum atomic E-state index is 12.0. The molecule has 1 saturated heterocycles. The van der Waals surface area contributed by atoms with Crippen molar-refractivity contribution in [2.24, 2.45) is 0 Å². The van der Waals surface area contributed by atoms with Gasteiger partial charge in [0.15, 0.2) is 0 Å². The Hall–Kier alpha value is -2.20. The Kier molecular flexibility index (Phi) is 4.70. The molecule has 1 fully saturated rings. The highest BCUT2D eigenvalue weighted by Crippen LogP contribution is 2.10. The van der Waals surface area contributed by atoms with Gasteiger partial charge < -0.3 is 10.1 Å². The molecule has 1 amide bonds. The molecule has 0 bridgehead atoms. The molecule has 0 spiro atoms. The molecule has 7 heteroatoms. The summed E-state index contributed by atoms with van der Waals surface area (Å²) in [4.78, 5) is 23.9. The Bertz CT molecular complexity index is 639. The lowest BCUT2D eigenvalue weighted by Crippen LogP contribution is -2.38. The summed E-state index contributed by atoms with van der Waals surface area (Å²) in [5.41, 5.74) is 0.624. The normalized spacial score (nSPS) is 17.5. The lowest BCUT2D eigenvalue weighted by Gasteiger charge is -2.12. The summed E-state index contributed by atoms with van der Waals surface area (Å²) in [6.07, 6.45) is 1.98. The Balaban J connectivity index is 2.05. The zero-order chi connectivity index (χ0) is 15.4. The van der Waals surface area contributed by atoms with Gasteiger partial charge in [-0.05, 0) is 32.3 Å². The van der Waals surface area contributed by atoms with Gasteiger partial charge in [-0.1, -0.05) is 0 Å². The second-order valence-corrected chi connectivity index (χ2v) is 5.10. The molecule has 1 atom stereocenters. The number of hydrogen-bond donors (Lipinski definition) is 1. The number of aryl methyl sites for hydroxylation is 1. The lowest BCUT2D eigenvalue weighted by atomic mass is 10.1. The first-order valence-corrected chi connectivity index (χ1v) is 6.89. The van der Waals surface area contributed by atoms with Crippen molar-refractivity contribution in [2.45, 2.75) is 39.3 Å². The van der Waals surface area contributed by atoms with Crippen LogP contribution in [0.3, 0.4) is 0 Å². The third-order valence-electron chi connectivity index (χ3n) is 3.59. The first-order valence-electron chi connectivity index (χ1n) is 6.89. The van der Waals surface area contributed by atoms with E-state index in [4.69, 9.17) is 10.00 Å². The zero-order valence-corrected chi connectivity index (χ0v) is 12.2. The minimum atomic E-state index is -0.534. The van der Waals surface area contributed by atoms with E-state index in [0.29, 0.717) is 17.8 Å².